The van der Waals surface area contributed by atoms with Crippen molar-refractivity contribution < 1.29 is 8.42 Å². The van der Waals surface area contributed by atoms with Gasteiger partial charge in [-0.3, -0.25) is 4.57 Å². The third kappa shape index (κ3) is 4.86. The number of hydrogen-bond acceptors (Lipinski definition) is 5. The van der Waals surface area contributed by atoms with E-state index >= 15 is 0 Å². The number of benzene rings is 1. The maximum atomic E-state index is 12.2. The fraction of sp³-hybridized carbons (Fsp3) is 0.429. The molecule has 0 amide bonds. The number of rotatable bonds is 8. The SMILES string of the molecule is CCCCn1c(SCCS(=O)(=O)c2ccc(Cl)cc2)n[nH]c1=O. The minimum Gasteiger partial charge on any atom is -0.270 e. The van der Waals surface area contributed by atoms with Crippen molar-refractivity contribution in [1.29, 1.82) is 0 Å². The minimum atomic E-state index is -3.38. The molecular weight excluding hydrogens is 358 g/mol. The van der Waals surface area contributed by atoms with Gasteiger partial charge in [-0.1, -0.05) is 36.7 Å². The average molecular weight is 376 g/mol. The molecule has 0 unspecified atom stereocenters. The topological polar surface area (TPSA) is 84.8 Å². The minimum absolute atomic E-state index is 0.0336. The summed E-state index contributed by atoms with van der Waals surface area (Å²) in [6.45, 7) is 2.62. The van der Waals surface area contributed by atoms with Gasteiger partial charge in [0, 0.05) is 17.3 Å². The molecule has 0 aliphatic carbocycles. The Bertz CT molecular complexity index is 797. The highest BCUT2D eigenvalue weighted by molar-refractivity contribution is 8.00. The summed E-state index contributed by atoms with van der Waals surface area (Å²) in [6.07, 6.45) is 1.84. The molecule has 6 nitrogen and oxygen atoms in total. The van der Waals surface area contributed by atoms with Gasteiger partial charge in [0.25, 0.3) is 0 Å². The summed E-state index contributed by atoms with van der Waals surface area (Å²) < 4.78 is 26.0. The first-order valence-electron chi connectivity index (χ1n) is 7.20. The van der Waals surface area contributed by atoms with Gasteiger partial charge in [0.2, 0.25) is 0 Å². The molecule has 0 aliphatic rings. The molecule has 23 heavy (non-hydrogen) atoms. The highest BCUT2D eigenvalue weighted by Crippen LogP contribution is 2.19. The lowest BCUT2D eigenvalue weighted by atomic mass is 10.3. The second kappa shape index (κ2) is 8.03. The van der Waals surface area contributed by atoms with Crippen molar-refractivity contribution in [2.24, 2.45) is 0 Å². The van der Waals surface area contributed by atoms with Crippen LogP contribution in [-0.2, 0) is 16.4 Å². The molecule has 9 heteroatoms. The molecule has 0 spiro atoms. The Morgan fingerprint density at radius 1 is 1.30 bits per heavy atom. The van der Waals surface area contributed by atoms with Gasteiger partial charge in [0.1, 0.15) is 0 Å². The van der Waals surface area contributed by atoms with Crippen molar-refractivity contribution in [3.05, 3.63) is 39.8 Å². The second-order valence-electron chi connectivity index (χ2n) is 4.94. The number of hydrogen-bond donors (Lipinski definition) is 1. The van der Waals surface area contributed by atoms with E-state index in [1.165, 1.54) is 23.9 Å². The van der Waals surface area contributed by atoms with Gasteiger partial charge < -0.3 is 0 Å². The standard InChI is InChI=1S/C14H18ClN3O3S2/c1-2-3-8-18-13(19)16-17-14(18)22-9-10-23(20,21)12-6-4-11(15)5-7-12/h4-7H,2-3,8-10H2,1H3,(H,16,19). The van der Waals surface area contributed by atoms with Gasteiger partial charge in [-0.25, -0.2) is 18.3 Å². The summed E-state index contributed by atoms with van der Waals surface area (Å²) in [4.78, 5) is 11.9. The zero-order valence-electron chi connectivity index (χ0n) is 12.7. The summed E-state index contributed by atoms with van der Waals surface area (Å²) in [5.41, 5.74) is -0.262. The first-order chi connectivity index (χ1) is 10.9. The van der Waals surface area contributed by atoms with Gasteiger partial charge in [0.15, 0.2) is 15.0 Å². The quantitative estimate of drug-likeness (QED) is 0.717. The van der Waals surface area contributed by atoms with E-state index in [4.69, 9.17) is 11.6 Å². The molecule has 0 saturated carbocycles. The molecule has 2 aromatic rings. The molecule has 0 aliphatic heterocycles. The molecule has 1 heterocycles. The monoisotopic (exact) mass is 375 g/mol. The molecule has 0 fully saturated rings. The number of aromatic amines is 1. The van der Waals surface area contributed by atoms with Crippen molar-refractivity contribution in [2.75, 3.05) is 11.5 Å². The fourth-order valence-electron chi connectivity index (χ4n) is 1.93. The zero-order chi connectivity index (χ0) is 16.9. The lowest BCUT2D eigenvalue weighted by molar-refractivity contribution is 0.573. The number of halogens is 1. The highest BCUT2D eigenvalue weighted by atomic mass is 35.5. The average Bonchev–Trinajstić information content (AvgIpc) is 2.86. The van der Waals surface area contributed by atoms with Gasteiger partial charge in [-0.05, 0) is 30.7 Å². The van der Waals surface area contributed by atoms with E-state index in [1.807, 2.05) is 6.92 Å². The Labute approximate surface area is 144 Å². The van der Waals surface area contributed by atoms with Crippen molar-refractivity contribution in [3.8, 4) is 0 Å². The zero-order valence-corrected chi connectivity index (χ0v) is 15.0. The van der Waals surface area contributed by atoms with Crippen LogP contribution in [-0.4, -0.2) is 34.7 Å². The normalized spacial score (nSPS) is 11.7. The van der Waals surface area contributed by atoms with E-state index in [1.54, 1.807) is 16.7 Å². The van der Waals surface area contributed by atoms with E-state index in [0.717, 1.165) is 12.8 Å². The predicted molar refractivity (Wildman–Crippen MR) is 92.0 cm³/mol. The van der Waals surface area contributed by atoms with Crippen LogP contribution in [0.4, 0.5) is 0 Å². The van der Waals surface area contributed by atoms with E-state index in [9.17, 15) is 13.2 Å². The molecular formula is C14H18ClN3O3S2. The van der Waals surface area contributed by atoms with Gasteiger partial charge >= 0.3 is 5.69 Å². The van der Waals surface area contributed by atoms with Crippen LogP contribution in [0.2, 0.25) is 5.02 Å². The Morgan fingerprint density at radius 3 is 2.65 bits per heavy atom. The number of thioether (sulfide) groups is 1. The summed E-state index contributed by atoms with van der Waals surface area (Å²) in [5, 5.41) is 7.37. The Balaban J connectivity index is 1.99. The van der Waals surface area contributed by atoms with Crippen LogP contribution in [0.15, 0.2) is 39.1 Å². The summed E-state index contributed by atoms with van der Waals surface area (Å²) in [5.74, 6) is 0.287. The second-order valence-corrected chi connectivity index (χ2v) is 8.55. The first kappa shape index (κ1) is 18.1. The van der Waals surface area contributed by atoms with Crippen LogP contribution in [0.5, 0.6) is 0 Å². The maximum Gasteiger partial charge on any atom is 0.343 e. The van der Waals surface area contributed by atoms with E-state index in [-0.39, 0.29) is 16.3 Å². The van der Waals surface area contributed by atoms with Gasteiger partial charge in [0.05, 0.1) is 10.6 Å². The molecule has 0 atom stereocenters. The van der Waals surface area contributed by atoms with Crippen LogP contribution >= 0.6 is 23.4 Å². The number of aromatic nitrogens is 3. The maximum absolute atomic E-state index is 12.2. The molecule has 1 N–H and O–H groups in total. The molecule has 2 rings (SSSR count). The molecule has 0 bridgehead atoms. The van der Waals surface area contributed by atoms with Crippen LogP contribution in [0, 0.1) is 0 Å². The Kier molecular flexibility index (Phi) is 6.32. The Hall–Kier alpha value is -1.25. The van der Waals surface area contributed by atoms with E-state index in [2.05, 4.69) is 10.2 Å². The van der Waals surface area contributed by atoms with Crippen molar-refractivity contribution in [3.63, 3.8) is 0 Å². The molecule has 126 valence electrons. The van der Waals surface area contributed by atoms with Gasteiger partial charge in [-0.2, -0.15) is 0 Å². The largest absolute Gasteiger partial charge is 0.343 e. The summed E-state index contributed by atoms with van der Waals surface area (Å²) in [6, 6.07) is 6.09. The third-order valence-electron chi connectivity index (χ3n) is 3.21. The fourth-order valence-corrected chi connectivity index (χ4v) is 4.68. The van der Waals surface area contributed by atoms with Crippen LogP contribution in [0.3, 0.4) is 0 Å². The number of H-pyrrole nitrogens is 1. The van der Waals surface area contributed by atoms with E-state index in [0.29, 0.717) is 22.5 Å². The number of nitrogens with zero attached hydrogens (tertiary/aromatic N) is 2. The predicted octanol–water partition coefficient (Wildman–Crippen LogP) is 2.59. The molecule has 0 saturated heterocycles. The van der Waals surface area contributed by atoms with E-state index < -0.39 is 9.84 Å². The Morgan fingerprint density at radius 2 is 2.00 bits per heavy atom. The van der Waals surface area contributed by atoms with Crippen LogP contribution in [0.25, 0.3) is 0 Å². The summed E-state index contributed by atoms with van der Waals surface area (Å²) in [7, 11) is -3.38. The van der Waals surface area contributed by atoms with Crippen molar-refractivity contribution in [1.82, 2.24) is 14.8 Å². The molecule has 0 radical (unpaired) electrons. The smallest absolute Gasteiger partial charge is 0.270 e. The third-order valence-corrected chi connectivity index (χ3v) is 6.43. The van der Waals surface area contributed by atoms with Crippen LogP contribution in [0.1, 0.15) is 19.8 Å². The number of sulfone groups is 1. The van der Waals surface area contributed by atoms with Gasteiger partial charge in [-0.15, -0.1) is 5.10 Å². The van der Waals surface area contributed by atoms with Crippen LogP contribution < -0.4 is 5.69 Å². The molecule has 1 aromatic carbocycles. The van der Waals surface area contributed by atoms with Crippen molar-refractivity contribution >= 4 is 33.2 Å². The summed E-state index contributed by atoms with van der Waals surface area (Å²) >= 11 is 7.02. The highest BCUT2D eigenvalue weighted by Gasteiger charge is 2.16. The number of unbranched alkanes of at least 4 members (excludes halogenated alkanes) is 1. The number of nitrogens with one attached hydrogen (secondary N) is 1. The molecule has 1 aromatic heterocycles. The lowest BCUT2D eigenvalue weighted by Crippen LogP contribution is -2.18. The lowest BCUT2D eigenvalue weighted by Gasteiger charge is -2.06. The van der Waals surface area contributed by atoms with Crippen molar-refractivity contribution in [2.45, 2.75) is 36.4 Å². The first-order valence-corrected chi connectivity index (χ1v) is 10.2.